The largest absolute Gasteiger partial charge is 0.478 e. The number of carbonyl (C=O) groups is 1. The Kier molecular flexibility index (Phi) is 5.08. The Hall–Kier alpha value is -1.40. The number of nitrogens with zero attached hydrogens (tertiary/aromatic N) is 1. The molecular formula is C13H19NO4S. The molecule has 0 fully saturated rings. The molecule has 1 rings (SSSR count). The van der Waals surface area contributed by atoms with E-state index in [2.05, 4.69) is 0 Å². The number of benzene rings is 1. The second kappa shape index (κ2) is 6.16. The van der Waals surface area contributed by atoms with Gasteiger partial charge in [0.25, 0.3) is 0 Å². The van der Waals surface area contributed by atoms with E-state index < -0.39 is 16.0 Å². The number of hydrogen-bond donors (Lipinski definition) is 1. The lowest BCUT2D eigenvalue weighted by molar-refractivity contribution is 0.0696. The molecule has 0 aliphatic carbocycles. The predicted molar refractivity (Wildman–Crippen MR) is 73.5 cm³/mol. The minimum atomic E-state index is -3.43. The fourth-order valence-corrected chi connectivity index (χ4v) is 3.14. The summed E-state index contributed by atoms with van der Waals surface area (Å²) in [4.78, 5) is 10.8. The Morgan fingerprint density at radius 1 is 1.42 bits per heavy atom. The van der Waals surface area contributed by atoms with Gasteiger partial charge in [-0.2, -0.15) is 0 Å². The van der Waals surface area contributed by atoms with Crippen molar-refractivity contribution in [3.63, 3.8) is 0 Å². The van der Waals surface area contributed by atoms with Crippen LogP contribution in [0.1, 0.15) is 36.2 Å². The zero-order valence-corrected chi connectivity index (χ0v) is 12.1. The van der Waals surface area contributed by atoms with Crippen molar-refractivity contribution in [1.29, 1.82) is 0 Å². The van der Waals surface area contributed by atoms with Crippen LogP contribution in [0.15, 0.2) is 24.3 Å². The van der Waals surface area contributed by atoms with Gasteiger partial charge in [0.1, 0.15) is 0 Å². The number of rotatable bonds is 6. The molecule has 1 N–H and O–H groups in total. The smallest absolute Gasteiger partial charge is 0.335 e. The van der Waals surface area contributed by atoms with E-state index in [-0.39, 0.29) is 17.4 Å². The molecule has 0 spiro atoms. The molecule has 0 aliphatic heterocycles. The maximum atomic E-state index is 12.2. The first-order valence-corrected chi connectivity index (χ1v) is 7.66. The van der Waals surface area contributed by atoms with E-state index >= 15 is 0 Å². The summed E-state index contributed by atoms with van der Waals surface area (Å²) in [6.07, 6.45) is 0.727. The molecule has 5 nitrogen and oxygen atoms in total. The summed E-state index contributed by atoms with van der Waals surface area (Å²) in [7, 11) is -1.88. The highest BCUT2D eigenvalue weighted by Gasteiger charge is 2.22. The minimum absolute atomic E-state index is 0.0762. The van der Waals surface area contributed by atoms with Crippen molar-refractivity contribution in [3.8, 4) is 0 Å². The highest BCUT2D eigenvalue weighted by atomic mass is 32.2. The molecular weight excluding hydrogens is 266 g/mol. The third-order valence-corrected chi connectivity index (χ3v) is 5.11. The first kappa shape index (κ1) is 15.7. The van der Waals surface area contributed by atoms with Crippen molar-refractivity contribution in [3.05, 3.63) is 35.4 Å². The zero-order valence-electron chi connectivity index (χ0n) is 11.3. The molecule has 1 unspecified atom stereocenters. The van der Waals surface area contributed by atoms with Gasteiger partial charge in [0.05, 0.1) is 11.3 Å². The van der Waals surface area contributed by atoms with E-state index in [0.717, 1.165) is 6.42 Å². The molecule has 0 bridgehead atoms. The number of aromatic carboxylic acids is 1. The summed E-state index contributed by atoms with van der Waals surface area (Å²) >= 11 is 0. The van der Waals surface area contributed by atoms with Gasteiger partial charge in [-0.15, -0.1) is 0 Å². The van der Waals surface area contributed by atoms with E-state index in [0.29, 0.717) is 5.56 Å². The second-order valence-corrected chi connectivity index (χ2v) is 6.56. The van der Waals surface area contributed by atoms with Crippen molar-refractivity contribution in [2.45, 2.75) is 32.1 Å². The van der Waals surface area contributed by atoms with Crippen LogP contribution in [-0.4, -0.2) is 36.9 Å². The van der Waals surface area contributed by atoms with Crippen LogP contribution < -0.4 is 0 Å². The average Bonchev–Trinajstić information content (AvgIpc) is 2.36. The first-order valence-electron chi connectivity index (χ1n) is 6.06. The van der Waals surface area contributed by atoms with Gasteiger partial charge in [-0.3, -0.25) is 0 Å². The van der Waals surface area contributed by atoms with Crippen molar-refractivity contribution in [2.24, 2.45) is 0 Å². The maximum absolute atomic E-state index is 12.2. The molecule has 1 atom stereocenters. The lowest BCUT2D eigenvalue weighted by Gasteiger charge is -2.23. The van der Waals surface area contributed by atoms with Crippen LogP contribution in [0.3, 0.4) is 0 Å². The van der Waals surface area contributed by atoms with Gasteiger partial charge in [0.2, 0.25) is 10.0 Å². The number of carboxylic acid groups (broad SMARTS) is 1. The van der Waals surface area contributed by atoms with Crippen LogP contribution in [0.5, 0.6) is 0 Å². The lowest BCUT2D eigenvalue weighted by atomic mass is 10.1. The van der Waals surface area contributed by atoms with Gasteiger partial charge in [-0.25, -0.2) is 17.5 Å². The van der Waals surface area contributed by atoms with Crippen LogP contribution in [-0.2, 0) is 15.8 Å². The van der Waals surface area contributed by atoms with Crippen molar-refractivity contribution >= 4 is 16.0 Å². The molecule has 0 radical (unpaired) electrons. The van der Waals surface area contributed by atoms with Crippen LogP contribution in [0.4, 0.5) is 0 Å². The number of hydrogen-bond acceptors (Lipinski definition) is 3. The second-order valence-electron chi connectivity index (χ2n) is 4.54. The number of sulfonamides is 1. The van der Waals surface area contributed by atoms with Gasteiger partial charge in [-0.05, 0) is 31.0 Å². The quantitative estimate of drug-likeness (QED) is 0.866. The Morgan fingerprint density at radius 3 is 2.58 bits per heavy atom. The summed E-state index contributed by atoms with van der Waals surface area (Å²) in [6.45, 7) is 3.76. The fourth-order valence-electron chi connectivity index (χ4n) is 1.64. The molecule has 19 heavy (non-hydrogen) atoms. The maximum Gasteiger partial charge on any atom is 0.335 e. The van der Waals surface area contributed by atoms with Crippen molar-refractivity contribution in [2.75, 3.05) is 7.05 Å². The highest BCUT2D eigenvalue weighted by molar-refractivity contribution is 7.88. The van der Waals surface area contributed by atoms with Gasteiger partial charge in [0.15, 0.2) is 0 Å². The van der Waals surface area contributed by atoms with Crippen LogP contribution in [0.2, 0.25) is 0 Å². The molecule has 0 saturated carbocycles. The highest BCUT2D eigenvalue weighted by Crippen LogP contribution is 2.15. The Balaban J connectivity index is 2.95. The Labute approximate surface area is 113 Å². The molecule has 6 heteroatoms. The number of carboxylic acids is 1. The average molecular weight is 285 g/mol. The fraction of sp³-hybridized carbons (Fsp3) is 0.462. The van der Waals surface area contributed by atoms with E-state index in [1.165, 1.54) is 16.4 Å². The SMILES string of the molecule is CCC(C)N(C)S(=O)(=O)Cc1cccc(C(=O)O)c1. The summed E-state index contributed by atoms with van der Waals surface area (Å²) < 4.78 is 25.7. The van der Waals surface area contributed by atoms with E-state index in [4.69, 9.17) is 5.11 Å². The molecule has 106 valence electrons. The van der Waals surface area contributed by atoms with Gasteiger partial charge < -0.3 is 5.11 Å². The van der Waals surface area contributed by atoms with E-state index in [1.807, 2.05) is 13.8 Å². The molecule has 1 aromatic carbocycles. The monoisotopic (exact) mass is 285 g/mol. The summed E-state index contributed by atoms with van der Waals surface area (Å²) in [5, 5.41) is 8.88. The zero-order chi connectivity index (χ0) is 14.6. The van der Waals surface area contributed by atoms with Gasteiger partial charge >= 0.3 is 5.97 Å². The third-order valence-electron chi connectivity index (χ3n) is 3.17. The predicted octanol–water partition coefficient (Wildman–Crippen LogP) is 1.94. The third kappa shape index (κ3) is 4.04. The molecule has 0 heterocycles. The summed E-state index contributed by atoms with van der Waals surface area (Å²) in [5.41, 5.74) is 0.578. The Bertz CT molecular complexity index is 554. The van der Waals surface area contributed by atoms with E-state index in [1.54, 1.807) is 19.2 Å². The first-order chi connectivity index (χ1) is 8.77. The molecule has 0 saturated heterocycles. The standard InChI is InChI=1S/C13H19NO4S/c1-4-10(2)14(3)19(17,18)9-11-6-5-7-12(8-11)13(15)16/h5-8,10H,4,9H2,1-3H3,(H,15,16). The van der Waals surface area contributed by atoms with Crippen molar-refractivity contribution < 1.29 is 18.3 Å². The lowest BCUT2D eigenvalue weighted by Crippen LogP contribution is -2.35. The molecule has 0 amide bonds. The molecule has 0 aliphatic rings. The van der Waals surface area contributed by atoms with Crippen LogP contribution in [0, 0.1) is 0 Å². The van der Waals surface area contributed by atoms with Gasteiger partial charge in [0, 0.05) is 13.1 Å². The van der Waals surface area contributed by atoms with Crippen molar-refractivity contribution in [1.82, 2.24) is 4.31 Å². The van der Waals surface area contributed by atoms with Crippen LogP contribution >= 0.6 is 0 Å². The molecule has 1 aromatic rings. The van der Waals surface area contributed by atoms with Crippen LogP contribution in [0.25, 0.3) is 0 Å². The normalized spacial score (nSPS) is 13.5. The molecule has 0 aromatic heterocycles. The summed E-state index contributed by atoms with van der Waals surface area (Å²) in [5.74, 6) is -1.25. The van der Waals surface area contributed by atoms with Gasteiger partial charge in [-0.1, -0.05) is 19.1 Å². The minimum Gasteiger partial charge on any atom is -0.478 e. The summed E-state index contributed by atoms with van der Waals surface area (Å²) in [6, 6.07) is 5.93. The Morgan fingerprint density at radius 2 is 2.05 bits per heavy atom. The topological polar surface area (TPSA) is 74.7 Å². The van der Waals surface area contributed by atoms with E-state index in [9.17, 15) is 13.2 Å².